The van der Waals surface area contributed by atoms with Crippen LogP contribution in [0.5, 0.6) is 0 Å². The maximum Gasteiger partial charge on any atom is 0.0716 e. The molecule has 0 aliphatic carbocycles. The Morgan fingerprint density at radius 1 is 0.905 bits per heavy atom. The summed E-state index contributed by atoms with van der Waals surface area (Å²) in [7, 11) is 0. The summed E-state index contributed by atoms with van der Waals surface area (Å²) in [5.74, 6) is 0. The fraction of sp³-hybridized carbons (Fsp3) is 0.684. The molecule has 0 amide bonds. The highest BCUT2D eigenvalue weighted by Crippen LogP contribution is 2.18. The molecule has 0 saturated carbocycles. The first-order valence-corrected chi connectivity index (χ1v) is 8.06. The minimum absolute atomic E-state index is 0.195. The Labute approximate surface area is 131 Å². The molecule has 0 saturated heterocycles. The summed E-state index contributed by atoms with van der Waals surface area (Å²) < 4.78 is 5.75. The Morgan fingerprint density at radius 3 is 2.00 bits per heavy atom. The predicted octanol–water partition coefficient (Wildman–Crippen LogP) is 4.57. The SMILES string of the molecule is CC(C)(C)CCOCc1ccc(CCNC(C)(C)C)cc1. The van der Waals surface area contributed by atoms with Gasteiger partial charge in [-0.1, -0.05) is 45.0 Å². The van der Waals surface area contributed by atoms with Gasteiger partial charge in [0.1, 0.15) is 0 Å². The van der Waals surface area contributed by atoms with Gasteiger partial charge in [-0.3, -0.25) is 0 Å². The van der Waals surface area contributed by atoms with Crippen molar-refractivity contribution in [1.82, 2.24) is 5.32 Å². The predicted molar refractivity (Wildman–Crippen MR) is 91.6 cm³/mol. The van der Waals surface area contributed by atoms with Gasteiger partial charge in [-0.15, -0.1) is 0 Å². The molecule has 0 aromatic heterocycles. The van der Waals surface area contributed by atoms with Gasteiger partial charge in [-0.2, -0.15) is 0 Å². The van der Waals surface area contributed by atoms with E-state index in [1.807, 2.05) is 0 Å². The van der Waals surface area contributed by atoms with E-state index in [-0.39, 0.29) is 5.54 Å². The van der Waals surface area contributed by atoms with Crippen LogP contribution >= 0.6 is 0 Å². The molecule has 1 rings (SSSR count). The maximum absolute atomic E-state index is 5.75. The molecule has 1 N–H and O–H groups in total. The number of ether oxygens (including phenoxy) is 1. The quantitative estimate of drug-likeness (QED) is 0.743. The summed E-state index contributed by atoms with van der Waals surface area (Å²) in [6.45, 7) is 15.9. The average molecular weight is 291 g/mol. The van der Waals surface area contributed by atoms with Gasteiger partial charge in [0.05, 0.1) is 6.61 Å². The lowest BCUT2D eigenvalue weighted by Gasteiger charge is -2.20. The van der Waals surface area contributed by atoms with Crippen molar-refractivity contribution in [2.75, 3.05) is 13.2 Å². The normalized spacial score (nSPS) is 12.7. The third-order valence-corrected chi connectivity index (χ3v) is 3.36. The highest BCUT2D eigenvalue weighted by atomic mass is 16.5. The van der Waals surface area contributed by atoms with Crippen LogP contribution in [0, 0.1) is 5.41 Å². The lowest BCUT2D eigenvalue weighted by atomic mass is 9.93. The monoisotopic (exact) mass is 291 g/mol. The van der Waals surface area contributed by atoms with Crippen LogP contribution in [0.3, 0.4) is 0 Å². The van der Waals surface area contributed by atoms with Crippen molar-refractivity contribution in [3.05, 3.63) is 35.4 Å². The Bertz CT molecular complexity index is 395. The summed E-state index contributed by atoms with van der Waals surface area (Å²) in [5, 5.41) is 3.52. The van der Waals surface area contributed by atoms with E-state index >= 15 is 0 Å². The fourth-order valence-electron chi connectivity index (χ4n) is 1.95. The zero-order valence-electron chi connectivity index (χ0n) is 14.8. The van der Waals surface area contributed by atoms with E-state index in [2.05, 4.69) is 71.1 Å². The van der Waals surface area contributed by atoms with Gasteiger partial charge in [0.25, 0.3) is 0 Å². The second-order valence-electron chi connectivity index (χ2n) is 8.11. The van der Waals surface area contributed by atoms with Crippen molar-refractivity contribution in [2.45, 2.75) is 66.5 Å². The van der Waals surface area contributed by atoms with Crippen LogP contribution in [-0.2, 0) is 17.8 Å². The average Bonchev–Trinajstić information content (AvgIpc) is 2.34. The van der Waals surface area contributed by atoms with E-state index in [1.54, 1.807) is 0 Å². The van der Waals surface area contributed by atoms with Crippen LogP contribution in [0.1, 0.15) is 59.1 Å². The molecule has 0 atom stereocenters. The molecule has 0 heterocycles. The zero-order valence-corrected chi connectivity index (χ0v) is 14.8. The lowest BCUT2D eigenvalue weighted by Crippen LogP contribution is -2.37. The minimum Gasteiger partial charge on any atom is -0.377 e. The number of rotatable bonds is 7. The van der Waals surface area contributed by atoms with Crippen LogP contribution in [-0.4, -0.2) is 18.7 Å². The molecule has 2 heteroatoms. The first-order chi connectivity index (χ1) is 9.66. The number of benzene rings is 1. The number of hydrogen-bond donors (Lipinski definition) is 1. The first-order valence-electron chi connectivity index (χ1n) is 8.06. The van der Waals surface area contributed by atoms with Crippen molar-refractivity contribution in [3.8, 4) is 0 Å². The summed E-state index contributed by atoms with van der Waals surface area (Å²) in [5.41, 5.74) is 3.19. The summed E-state index contributed by atoms with van der Waals surface area (Å²) >= 11 is 0. The standard InChI is InChI=1S/C19H33NO/c1-18(2,3)12-14-21-15-17-9-7-16(8-10-17)11-13-20-19(4,5)6/h7-10,20H,11-15H2,1-6H3. The van der Waals surface area contributed by atoms with E-state index in [9.17, 15) is 0 Å². The molecule has 0 fully saturated rings. The Balaban J connectivity index is 2.27. The van der Waals surface area contributed by atoms with Crippen molar-refractivity contribution in [1.29, 1.82) is 0 Å². The second kappa shape index (κ2) is 7.95. The van der Waals surface area contributed by atoms with Gasteiger partial charge < -0.3 is 10.1 Å². The van der Waals surface area contributed by atoms with Gasteiger partial charge in [-0.25, -0.2) is 0 Å². The minimum atomic E-state index is 0.195. The summed E-state index contributed by atoms with van der Waals surface area (Å²) in [4.78, 5) is 0. The maximum atomic E-state index is 5.75. The topological polar surface area (TPSA) is 21.3 Å². The first kappa shape index (κ1) is 18.2. The molecule has 2 nitrogen and oxygen atoms in total. The third kappa shape index (κ3) is 9.65. The van der Waals surface area contributed by atoms with E-state index in [4.69, 9.17) is 4.74 Å². The van der Waals surface area contributed by atoms with Gasteiger partial charge in [0, 0.05) is 12.1 Å². The van der Waals surface area contributed by atoms with Gasteiger partial charge in [-0.05, 0) is 56.7 Å². The van der Waals surface area contributed by atoms with Crippen LogP contribution in [0.4, 0.5) is 0 Å². The van der Waals surface area contributed by atoms with Crippen LogP contribution in [0.15, 0.2) is 24.3 Å². The van der Waals surface area contributed by atoms with Crippen molar-refractivity contribution in [3.63, 3.8) is 0 Å². The van der Waals surface area contributed by atoms with Crippen LogP contribution < -0.4 is 5.32 Å². The smallest absolute Gasteiger partial charge is 0.0716 e. The Hall–Kier alpha value is -0.860. The van der Waals surface area contributed by atoms with E-state index < -0.39 is 0 Å². The molecule has 0 aliphatic rings. The largest absolute Gasteiger partial charge is 0.377 e. The van der Waals surface area contributed by atoms with Gasteiger partial charge in [0.15, 0.2) is 0 Å². The zero-order chi connectivity index (χ0) is 15.9. The molecule has 1 aromatic carbocycles. The van der Waals surface area contributed by atoms with Crippen molar-refractivity contribution >= 4 is 0 Å². The Morgan fingerprint density at radius 2 is 1.48 bits per heavy atom. The van der Waals surface area contributed by atoms with Crippen molar-refractivity contribution in [2.24, 2.45) is 5.41 Å². The molecule has 0 bridgehead atoms. The van der Waals surface area contributed by atoms with Crippen molar-refractivity contribution < 1.29 is 4.74 Å². The van der Waals surface area contributed by atoms with E-state index in [0.29, 0.717) is 5.41 Å². The molecule has 0 unspecified atom stereocenters. The molecule has 1 aromatic rings. The van der Waals surface area contributed by atoms with E-state index in [0.717, 1.165) is 32.6 Å². The molecule has 0 radical (unpaired) electrons. The second-order valence-corrected chi connectivity index (χ2v) is 8.11. The lowest BCUT2D eigenvalue weighted by molar-refractivity contribution is 0.0962. The van der Waals surface area contributed by atoms with E-state index in [1.165, 1.54) is 11.1 Å². The molecule has 21 heavy (non-hydrogen) atoms. The molecule has 120 valence electrons. The highest BCUT2D eigenvalue weighted by Gasteiger charge is 2.09. The molecule has 0 aliphatic heterocycles. The van der Waals surface area contributed by atoms with Gasteiger partial charge >= 0.3 is 0 Å². The number of hydrogen-bond acceptors (Lipinski definition) is 2. The summed E-state index contributed by atoms with van der Waals surface area (Å²) in [6.07, 6.45) is 2.17. The summed E-state index contributed by atoms with van der Waals surface area (Å²) in [6, 6.07) is 8.80. The highest BCUT2D eigenvalue weighted by molar-refractivity contribution is 5.22. The Kier molecular flexibility index (Phi) is 6.89. The molecule has 0 spiro atoms. The number of nitrogens with one attached hydrogen (secondary N) is 1. The van der Waals surface area contributed by atoms with Crippen LogP contribution in [0.25, 0.3) is 0 Å². The van der Waals surface area contributed by atoms with Gasteiger partial charge in [0.2, 0.25) is 0 Å². The molecular formula is C19H33NO. The molecular weight excluding hydrogens is 258 g/mol. The fourth-order valence-corrected chi connectivity index (χ4v) is 1.95. The third-order valence-electron chi connectivity index (χ3n) is 3.36. The van der Waals surface area contributed by atoms with Crippen LogP contribution in [0.2, 0.25) is 0 Å².